The third kappa shape index (κ3) is 3.67. The molecule has 16 heavy (non-hydrogen) atoms. The van der Waals surface area contributed by atoms with Crippen molar-refractivity contribution < 1.29 is 14.0 Å². The second-order valence-corrected chi connectivity index (χ2v) is 3.44. The summed E-state index contributed by atoms with van der Waals surface area (Å²) in [6.07, 6.45) is 0. The van der Waals surface area contributed by atoms with Gasteiger partial charge < -0.3 is 5.32 Å². The highest BCUT2D eigenvalue weighted by Crippen LogP contribution is 2.19. The summed E-state index contributed by atoms with van der Waals surface area (Å²) in [4.78, 5) is 21.9. The van der Waals surface area contributed by atoms with Gasteiger partial charge in [-0.25, -0.2) is 9.18 Å². The Labute approximate surface area is 101 Å². The predicted octanol–water partition coefficient (Wildman–Crippen LogP) is 2.37. The fraction of sp³-hybridized carbons (Fsp3) is 0.111. The second-order valence-electron chi connectivity index (χ2n) is 2.76. The average Bonchev–Trinajstić information content (AvgIpc) is 2.23. The minimum absolute atomic E-state index is 0.124. The number of alkyl halides is 1. The van der Waals surface area contributed by atoms with Crippen LogP contribution >= 0.6 is 23.2 Å². The number of carbonyl (C=O) groups is 2. The number of hydrogen-bond donors (Lipinski definition) is 2. The van der Waals surface area contributed by atoms with Crippen LogP contribution < -0.4 is 10.6 Å². The highest BCUT2D eigenvalue weighted by atomic mass is 35.5. The van der Waals surface area contributed by atoms with Crippen molar-refractivity contribution in [3.8, 4) is 0 Å². The summed E-state index contributed by atoms with van der Waals surface area (Å²) in [7, 11) is 0. The maximum absolute atomic E-state index is 12.8. The number of benzene rings is 1. The molecule has 0 saturated heterocycles. The van der Waals surface area contributed by atoms with Crippen LogP contribution in [0.25, 0.3) is 0 Å². The van der Waals surface area contributed by atoms with Gasteiger partial charge in [0.25, 0.3) is 0 Å². The molecule has 4 nitrogen and oxygen atoms in total. The molecule has 7 heteroatoms. The van der Waals surface area contributed by atoms with Crippen molar-refractivity contribution in [2.75, 3.05) is 11.2 Å². The minimum Gasteiger partial charge on any atom is -0.308 e. The van der Waals surface area contributed by atoms with E-state index in [1.165, 1.54) is 12.1 Å². The molecule has 0 saturated carbocycles. The predicted molar refractivity (Wildman–Crippen MR) is 59.3 cm³/mol. The molecule has 0 unspecified atom stereocenters. The summed E-state index contributed by atoms with van der Waals surface area (Å²) in [5, 5.41) is 4.13. The SMILES string of the molecule is O=C(CCl)NC(=O)Nc1ccc(F)c(Cl)c1. The molecule has 0 bridgehead atoms. The number of rotatable bonds is 2. The van der Waals surface area contributed by atoms with Gasteiger partial charge in [0.1, 0.15) is 11.7 Å². The van der Waals surface area contributed by atoms with Crippen molar-refractivity contribution in [2.24, 2.45) is 0 Å². The van der Waals surface area contributed by atoms with Crippen LogP contribution in [0.15, 0.2) is 18.2 Å². The van der Waals surface area contributed by atoms with Crippen molar-refractivity contribution in [2.45, 2.75) is 0 Å². The summed E-state index contributed by atoms with van der Waals surface area (Å²) >= 11 is 10.7. The Morgan fingerprint density at radius 1 is 1.38 bits per heavy atom. The van der Waals surface area contributed by atoms with Crippen LogP contribution in [0.5, 0.6) is 0 Å². The third-order valence-electron chi connectivity index (χ3n) is 1.55. The first-order valence-corrected chi connectivity index (χ1v) is 5.06. The summed E-state index contributed by atoms with van der Waals surface area (Å²) < 4.78 is 12.8. The summed E-state index contributed by atoms with van der Waals surface area (Å²) in [5.74, 6) is -1.55. The zero-order valence-corrected chi connectivity index (χ0v) is 9.40. The van der Waals surface area contributed by atoms with Crippen molar-refractivity contribution >= 4 is 40.8 Å². The van der Waals surface area contributed by atoms with Crippen LogP contribution in [-0.4, -0.2) is 17.8 Å². The monoisotopic (exact) mass is 264 g/mol. The Balaban J connectivity index is 2.63. The van der Waals surface area contributed by atoms with E-state index in [4.69, 9.17) is 23.2 Å². The molecular weight excluding hydrogens is 258 g/mol. The van der Waals surface area contributed by atoms with E-state index in [0.717, 1.165) is 6.07 Å². The van der Waals surface area contributed by atoms with E-state index in [1.54, 1.807) is 0 Å². The van der Waals surface area contributed by atoms with Gasteiger partial charge in [0.05, 0.1) is 5.02 Å². The van der Waals surface area contributed by atoms with Crippen LogP contribution in [0.2, 0.25) is 5.02 Å². The lowest BCUT2D eigenvalue weighted by molar-refractivity contribution is -0.117. The number of amides is 3. The number of halogens is 3. The number of imide groups is 1. The Hall–Kier alpha value is -1.33. The first kappa shape index (κ1) is 12.7. The quantitative estimate of drug-likeness (QED) is 0.806. The standard InChI is InChI=1S/C9H7Cl2FN2O2/c10-4-8(15)14-9(16)13-5-1-2-7(12)6(11)3-5/h1-3H,4H2,(H2,13,14,15,16). The van der Waals surface area contributed by atoms with E-state index >= 15 is 0 Å². The van der Waals surface area contributed by atoms with Crippen LogP contribution in [0, 0.1) is 5.82 Å². The Morgan fingerprint density at radius 3 is 2.62 bits per heavy atom. The fourth-order valence-electron chi connectivity index (χ4n) is 0.896. The first-order chi connectivity index (χ1) is 7.52. The van der Waals surface area contributed by atoms with Gasteiger partial charge in [-0.1, -0.05) is 11.6 Å². The van der Waals surface area contributed by atoms with Gasteiger partial charge in [-0.2, -0.15) is 0 Å². The van der Waals surface area contributed by atoms with Gasteiger partial charge >= 0.3 is 6.03 Å². The molecule has 86 valence electrons. The Bertz CT molecular complexity index is 426. The molecule has 0 spiro atoms. The van der Waals surface area contributed by atoms with E-state index in [2.05, 4.69) is 5.32 Å². The molecule has 1 aromatic rings. The molecule has 0 radical (unpaired) electrons. The molecule has 0 heterocycles. The van der Waals surface area contributed by atoms with Crippen molar-refractivity contribution in [1.82, 2.24) is 5.32 Å². The zero-order chi connectivity index (χ0) is 12.1. The highest BCUT2D eigenvalue weighted by Gasteiger charge is 2.07. The number of carbonyl (C=O) groups excluding carboxylic acids is 2. The molecule has 1 rings (SSSR count). The van der Waals surface area contributed by atoms with E-state index in [0.29, 0.717) is 0 Å². The number of anilines is 1. The summed E-state index contributed by atoms with van der Waals surface area (Å²) in [6.45, 7) is 0. The van der Waals surface area contributed by atoms with Crippen LogP contribution in [0.1, 0.15) is 0 Å². The van der Waals surface area contributed by atoms with E-state index in [-0.39, 0.29) is 16.6 Å². The van der Waals surface area contributed by atoms with Crippen LogP contribution in [-0.2, 0) is 4.79 Å². The zero-order valence-electron chi connectivity index (χ0n) is 7.89. The number of urea groups is 1. The Kier molecular flexibility index (Phi) is 4.52. The molecule has 0 atom stereocenters. The summed E-state index contributed by atoms with van der Waals surface area (Å²) in [5.41, 5.74) is 0.270. The molecule has 2 N–H and O–H groups in total. The second kappa shape index (κ2) is 5.67. The maximum Gasteiger partial charge on any atom is 0.325 e. The maximum atomic E-state index is 12.8. The lowest BCUT2D eigenvalue weighted by atomic mass is 10.3. The van der Waals surface area contributed by atoms with Crippen molar-refractivity contribution in [1.29, 1.82) is 0 Å². The number of nitrogens with one attached hydrogen (secondary N) is 2. The van der Waals surface area contributed by atoms with Gasteiger partial charge in [-0.3, -0.25) is 10.1 Å². The highest BCUT2D eigenvalue weighted by molar-refractivity contribution is 6.31. The molecule has 0 aliphatic heterocycles. The summed E-state index contributed by atoms with van der Waals surface area (Å²) in [6, 6.07) is 2.88. The van der Waals surface area contributed by atoms with E-state index < -0.39 is 17.8 Å². The third-order valence-corrected chi connectivity index (χ3v) is 2.08. The van der Waals surface area contributed by atoms with Crippen LogP contribution in [0.3, 0.4) is 0 Å². The lowest BCUT2D eigenvalue weighted by Crippen LogP contribution is -2.35. The largest absolute Gasteiger partial charge is 0.325 e. The minimum atomic E-state index is -0.756. The molecule has 0 aromatic heterocycles. The number of hydrogen-bond acceptors (Lipinski definition) is 2. The van der Waals surface area contributed by atoms with Crippen molar-refractivity contribution in [3.05, 3.63) is 29.0 Å². The smallest absolute Gasteiger partial charge is 0.308 e. The van der Waals surface area contributed by atoms with Gasteiger partial charge in [0.2, 0.25) is 5.91 Å². The van der Waals surface area contributed by atoms with Gasteiger partial charge in [-0.15, -0.1) is 11.6 Å². The van der Waals surface area contributed by atoms with Crippen molar-refractivity contribution in [3.63, 3.8) is 0 Å². The fourth-order valence-corrected chi connectivity index (χ4v) is 1.14. The molecule has 0 aliphatic carbocycles. The molecular formula is C9H7Cl2FN2O2. The Morgan fingerprint density at radius 2 is 2.06 bits per heavy atom. The van der Waals surface area contributed by atoms with E-state index in [1.807, 2.05) is 5.32 Å². The average molecular weight is 265 g/mol. The molecule has 1 aromatic carbocycles. The molecule has 0 fully saturated rings. The van der Waals surface area contributed by atoms with Gasteiger partial charge in [-0.05, 0) is 18.2 Å². The van der Waals surface area contributed by atoms with Crippen LogP contribution in [0.4, 0.5) is 14.9 Å². The molecule has 3 amide bonds. The van der Waals surface area contributed by atoms with Gasteiger partial charge in [0.15, 0.2) is 0 Å². The van der Waals surface area contributed by atoms with E-state index in [9.17, 15) is 14.0 Å². The molecule has 0 aliphatic rings. The first-order valence-electron chi connectivity index (χ1n) is 4.15. The van der Waals surface area contributed by atoms with Gasteiger partial charge in [0, 0.05) is 5.69 Å². The normalized spacial score (nSPS) is 9.69. The topological polar surface area (TPSA) is 58.2 Å². The lowest BCUT2D eigenvalue weighted by Gasteiger charge is -2.05.